The number of thiazole rings is 1. The van der Waals surface area contributed by atoms with E-state index in [0.29, 0.717) is 10.8 Å². The Morgan fingerprint density at radius 1 is 1.03 bits per heavy atom. The SMILES string of the molecule is CC(=O)N(c1ccccc1)c1nc(/C=C/C(=O)Nc2ccccc2N2CCCCC2)cs1. The highest BCUT2D eigenvalue weighted by Gasteiger charge is 2.17. The van der Waals surface area contributed by atoms with Crippen LogP contribution in [0.5, 0.6) is 0 Å². The number of benzene rings is 2. The lowest BCUT2D eigenvalue weighted by molar-refractivity contribution is -0.116. The van der Waals surface area contributed by atoms with E-state index in [9.17, 15) is 9.59 Å². The monoisotopic (exact) mass is 446 g/mol. The lowest BCUT2D eigenvalue weighted by Gasteiger charge is -2.30. The fraction of sp³-hybridized carbons (Fsp3) is 0.240. The number of amides is 2. The first-order valence-corrected chi connectivity index (χ1v) is 11.6. The van der Waals surface area contributed by atoms with Gasteiger partial charge in [0.05, 0.1) is 22.8 Å². The standard InChI is InChI=1S/C25H26N4O2S/c1-19(30)29(21-10-4-2-5-11-21)25-26-20(18-32-25)14-15-24(31)27-22-12-6-7-13-23(22)28-16-8-3-9-17-28/h2,4-7,10-15,18H,3,8-9,16-17H2,1H3,(H,27,31)/b15-14+. The largest absolute Gasteiger partial charge is 0.370 e. The van der Waals surface area contributed by atoms with Gasteiger partial charge in [0, 0.05) is 31.5 Å². The molecule has 4 rings (SSSR count). The second-order valence-electron chi connectivity index (χ2n) is 7.63. The molecule has 32 heavy (non-hydrogen) atoms. The third-order valence-corrected chi connectivity index (χ3v) is 6.14. The van der Waals surface area contributed by atoms with E-state index < -0.39 is 0 Å². The van der Waals surface area contributed by atoms with Crippen molar-refractivity contribution in [2.75, 3.05) is 28.2 Å². The average Bonchev–Trinajstić information content (AvgIpc) is 3.27. The lowest BCUT2D eigenvalue weighted by Crippen LogP contribution is -2.30. The molecule has 6 nitrogen and oxygen atoms in total. The van der Waals surface area contributed by atoms with E-state index in [1.165, 1.54) is 43.6 Å². The maximum Gasteiger partial charge on any atom is 0.248 e. The maximum atomic E-state index is 12.6. The molecule has 0 aliphatic carbocycles. The highest BCUT2D eigenvalue weighted by molar-refractivity contribution is 7.14. The van der Waals surface area contributed by atoms with Crippen molar-refractivity contribution >= 4 is 51.4 Å². The molecule has 2 amide bonds. The van der Waals surface area contributed by atoms with E-state index in [4.69, 9.17) is 0 Å². The molecule has 7 heteroatoms. The van der Waals surface area contributed by atoms with E-state index in [2.05, 4.69) is 21.3 Å². The summed E-state index contributed by atoms with van der Waals surface area (Å²) in [6.45, 7) is 3.54. The van der Waals surface area contributed by atoms with Gasteiger partial charge >= 0.3 is 0 Å². The Balaban J connectivity index is 1.45. The molecule has 0 saturated carbocycles. The van der Waals surface area contributed by atoms with Gasteiger partial charge in [0.25, 0.3) is 0 Å². The number of para-hydroxylation sites is 3. The number of carbonyl (C=O) groups is 2. The Hall–Kier alpha value is -3.45. The molecule has 1 fully saturated rings. The van der Waals surface area contributed by atoms with Crippen LogP contribution >= 0.6 is 11.3 Å². The second kappa shape index (κ2) is 10.2. The van der Waals surface area contributed by atoms with Crippen molar-refractivity contribution in [1.29, 1.82) is 0 Å². The molecule has 1 saturated heterocycles. The summed E-state index contributed by atoms with van der Waals surface area (Å²) in [7, 11) is 0. The Morgan fingerprint density at radius 2 is 1.75 bits per heavy atom. The summed E-state index contributed by atoms with van der Waals surface area (Å²) in [5.74, 6) is -0.330. The molecule has 2 heterocycles. The maximum absolute atomic E-state index is 12.6. The first-order valence-electron chi connectivity index (χ1n) is 10.8. The van der Waals surface area contributed by atoms with E-state index in [1.807, 2.05) is 53.9 Å². The summed E-state index contributed by atoms with van der Waals surface area (Å²) in [5.41, 5.74) is 3.27. The van der Waals surface area contributed by atoms with Gasteiger partial charge in [0.15, 0.2) is 5.13 Å². The molecule has 1 aromatic heterocycles. The van der Waals surface area contributed by atoms with Crippen molar-refractivity contribution in [2.45, 2.75) is 26.2 Å². The van der Waals surface area contributed by atoms with Crippen molar-refractivity contribution in [3.63, 3.8) is 0 Å². The van der Waals surface area contributed by atoms with Gasteiger partial charge in [-0.2, -0.15) is 0 Å². The Kier molecular flexibility index (Phi) is 6.97. The third-order valence-electron chi connectivity index (χ3n) is 5.29. The van der Waals surface area contributed by atoms with Crippen molar-refractivity contribution in [3.8, 4) is 0 Å². The topological polar surface area (TPSA) is 65.5 Å². The van der Waals surface area contributed by atoms with E-state index in [1.54, 1.807) is 11.0 Å². The molecule has 164 valence electrons. The smallest absolute Gasteiger partial charge is 0.248 e. The van der Waals surface area contributed by atoms with Crippen LogP contribution in [0.15, 0.2) is 66.1 Å². The Bertz CT molecular complexity index is 1100. The number of anilines is 4. The molecule has 1 aliphatic rings. The Morgan fingerprint density at radius 3 is 2.50 bits per heavy atom. The summed E-state index contributed by atoms with van der Waals surface area (Å²) in [6.07, 6.45) is 6.76. The Labute approximate surface area is 192 Å². The molecule has 2 aromatic carbocycles. The minimum absolute atomic E-state index is 0.117. The number of nitrogens with zero attached hydrogens (tertiary/aromatic N) is 3. The van der Waals surface area contributed by atoms with Gasteiger partial charge in [-0.25, -0.2) is 4.98 Å². The zero-order valence-corrected chi connectivity index (χ0v) is 18.8. The summed E-state index contributed by atoms with van der Waals surface area (Å²) in [5, 5.41) is 5.40. The highest BCUT2D eigenvalue weighted by atomic mass is 32.1. The third kappa shape index (κ3) is 5.23. The average molecular weight is 447 g/mol. The van der Waals surface area contributed by atoms with Gasteiger partial charge in [-0.1, -0.05) is 30.3 Å². The normalized spacial score (nSPS) is 13.8. The van der Waals surface area contributed by atoms with Crippen LogP contribution < -0.4 is 15.1 Å². The van der Waals surface area contributed by atoms with Crippen molar-refractivity contribution in [2.24, 2.45) is 0 Å². The molecule has 1 N–H and O–H groups in total. The van der Waals surface area contributed by atoms with E-state index in [-0.39, 0.29) is 11.8 Å². The number of hydrogen-bond acceptors (Lipinski definition) is 5. The number of hydrogen-bond donors (Lipinski definition) is 1. The predicted octanol–water partition coefficient (Wildman–Crippen LogP) is 5.47. The second-order valence-corrected chi connectivity index (χ2v) is 8.47. The molecule has 0 radical (unpaired) electrons. The minimum Gasteiger partial charge on any atom is -0.370 e. The molecule has 1 aliphatic heterocycles. The van der Waals surface area contributed by atoms with Crippen molar-refractivity contribution in [3.05, 3.63) is 71.7 Å². The van der Waals surface area contributed by atoms with Gasteiger partial charge in [0.1, 0.15) is 0 Å². The quantitative estimate of drug-likeness (QED) is 0.510. The summed E-state index contributed by atoms with van der Waals surface area (Å²) in [6, 6.07) is 17.3. The van der Waals surface area contributed by atoms with Gasteiger partial charge in [-0.15, -0.1) is 11.3 Å². The molecule has 0 spiro atoms. The summed E-state index contributed by atoms with van der Waals surface area (Å²) < 4.78 is 0. The molecular formula is C25H26N4O2S. The van der Waals surface area contributed by atoms with Crippen LogP contribution in [0.1, 0.15) is 31.9 Å². The highest BCUT2D eigenvalue weighted by Crippen LogP contribution is 2.30. The number of rotatable bonds is 6. The summed E-state index contributed by atoms with van der Waals surface area (Å²) in [4.78, 5) is 33.2. The number of piperidine rings is 1. The van der Waals surface area contributed by atoms with E-state index in [0.717, 1.165) is 30.2 Å². The molecular weight excluding hydrogens is 420 g/mol. The predicted molar refractivity (Wildman–Crippen MR) is 132 cm³/mol. The first kappa shape index (κ1) is 21.8. The van der Waals surface area contributed by atoms with Crippen LogP contribution in [0.2, 0.25) is 0 Å². The first-order chi connectivity index (χ1) is 15.6. The van der Waals surface area contributed by atoms with Gasteiger partial charge < -0.3 is 10.2 Å². The fourth-order valence-electron chi connectivity index (χ4n) is 3.78. The van der Waals surface area contributed by atoms with Crippen molar-refractivity contribution in [1.82, 2.24) is 4.98 Å². The van der Waals surface area contributed by atoms with Crippen LogP contribution in [-0.2, 0) is 9.59 Å². The molecule has 0 unspecified atom stereocenters. The van der Waals surface area contributed by atoms with Crippen molar-refractivity contribution < 1.29 is 9.59 Å². The molecule has 0 bridgehead atoms. The molecule has 0 atom stereocenters. The minimum atomic E-state index is -0.213. The molecule has 3 aromatic rings. The lowest BCUT2D eigenvalue weighted by atomic mass is 10.1. The number of nitrogens with one attached hydrogen (secondary N) is 1. The zero-order chi connectivity index (χ0) is 22.3. The van der Waals surface area contributed by atoms with Crippen LogP contribution in [0, 0.1) is 0 Å². The van der Waals surface area contributed by atoms with Crippen LogP contribution in [0.25, 0.3) is 6.08 Å². The van der Waals surface area contributed by atoms with Gasteiger partial charge in [-0.05, 0) is 49.6 Å². The summed E-state index contributed by atoms with van der Waals surface area (Å²) >= 11 is 1.36. The van der Waals surface area contributed by atoms with Crippen LogP contribution in [0.4, 0.5) is 22.2 Å². The zero-order valence-electron chi connectivity index (χ0n) is 18.0. The fourth-order valence-corrected chi connectivity index (χ4v) is 4.64. The van der Waals surface area contributed by atoms with Crippen LogP contribution in [-0.4, -0.2) is 29.9 Å². The number of aromatic nitrogens is 1. The van der Waals surface area contributed by atoms with E-state index >= 15 is 0 Å². The van der Waals surface area contributed by atoms with Gasteiger partial charge in [-0.3, -0.25) is 14.5 Å². The number of carbonyl (C=O) groups excluding carboxylic acids is 2. The van der Waals surface area contributed by atoms with Crippen LogP contribution in [0.3, 0.4) is 0 Å². The van der Waals surface area contributed by atoms with Gasteiger partial charge in [0.2, 0.25) is 11.8 Å².